The lowest BCUT2D eigenvalue weighted by atomic mass is 9.89. The van der Waals surface area contributed by atoms with Crippen LogP contribution >= 0.6 is 0 Å². The monoisotopic (exact) mass is 272 g/mol. The van der Waals surface area contributed by atoms with Crippen LogP contribution in [0.25, 0.3) is 0 Å². The van der Waals surface area contributed by atoms with Gasteiger partial charge in [0.15, 0.2) is 4.75 Å². The van der Waals surface area contributed by atoms with Gasteiger partial charge in [-0.15, -0.1) is 0 Å². The Morgan fingerprint density at radius 3 is 2.33 bits per heavy atom. The maximum absolute atomic E-state index is 11.8. The predicted molar refractivity (Wildman–Crippen MR) is 68.0 cm³/mol. The van der Waals surface area contributed by atoms with Crippen molar-refractivity contribution < 1.29 is 13.2 Å². The lowest BCUT2D eigenvalue weighted by Gasteiger charge is -2.43. The second kappa shape index (κ2) is 4.54. The number of rotatable bonds is 5. The second-order valence-electron chi connectivity index (χ2n) is 5.85. The minimum Gasteiger partial charge on any atom is -0.272 e. The molecule has 0 unspecified atom stereocenters. The first-order valence-electron chi connectivity index (χ1n) is 6.04. The Bertz CT molecular complexity index is 486. The van der Waals surface area contributed by atoms with Crippen LogP contribution in [0.2, 0.25) is 0 Å². The van der Waals surface area contributed by atoms with Gasteiger partial charge in [-0.3, -0.25) is 4.79 Å². The molecule has 0 radical (unpaired) electrons. The number of unbranched alkanes of at least 4 members (excludes halogenated alkanes) is 1. The highest BCUT2D eigenvalue weighted by molar-refractivity contribution is 7.94. The summed E-state index contributed by atoms with van der Waals surface area (Å²) < 4.78 is 23.2. The topological polar surface area (TPSA) is 78.2 Å². The van der Waals surface area contributed by atoms with Gasteiger partial charge in [0, 0.05) is 6.54 Å². The summed E-state index contributed by atoms with van der Waals surface area (Å²) in [6, 6.07) is 2.20. The summed E-state index contributed by atoms with van der Waals surface area (Å²) in [5.74, 6) is -0.331. The molecule has 0 aromatic heterocycles. The highest BCUT2D eigenvalue weighted by atomic mass is 32.2. The van der Waals surface area contributed by atoms with Crippen LogP contribution in [0.5, 0.6) is 0 Å². The largest absolute Gasteiger partial charge is 0.272 e. The Morgan fingerprint density at radius 1 is 1.33 bits per heavy atom. The molecule has 102 valence electrons. The number of amides is 1. The molecule has 5 nitrogen and oxygen atoms in total. The van der Waals surface area contributed by atoms with Gasteiger partial charge in [-0.05, 0) is 40.5 Å². The van der Waals surface area contributed by atoms with E-state index in [9.17, 15) is 13.2 Å². The van der Waals surface area contributed by atoms with Crippen molar-refractivity contribution in [3.8, 4) is 6.07 Å². The van der Waals surface area contributed by atoms with Crippen molar-refractivity contribution in [1.29, 1.82) is 5.26 Å². The fourth-order valence-electron chi connectivity index (χ4n) is 1.86. The molecule has 1 aliphatic heterocycles. The SMILES string of the molecule is CC(C)(C#N)CCCCN1C(=O)C(C)(C)S1(=O)=O. The molecular weight excluding hydrogens is 252 g/mol. The normalized spacial score (nSPS) is 21.3. The van der Waals surface area contributed by atoms with Crippen LogP contribution in [0.15, 0.2) is 0 Å². The van der Waals surface area contributed by atoms with Gasteiger partial charge < -0.3 is 0 Å². The highest BCUT2D eigenvalue weighted by Gasteiger charge is 2.59. The van der Waals surface area contributed by atoms with Crippen molar-refractivity contribution in [2.45, 2.75) is 51.7 Å². The van der Waals surface area contributed by atoms with Crippen molar-refractivity contribution in [3.63, 3.8) is 0 Å². The van der Waals surface area contributed by atoms with E-state index in [2.05, 4.69) is 6.07 Å². The molecule has 1 rings (SSSR count). The van der Waals surface area contributed by atoms with E-state index >= 15 is 0 Å². The molecule has 18 heavy (non-hydrogen) atoms. The molecule has 0 spiro atoms. The van der Waals surface area contributed by atoms with Gasteiger partial charge in [0.05, 0.1) is 11.5 Å². The van der Waals surface area contributed by atoms with E-state index in [4.69, 9.17) is 5.26 Å². The van der Waals surface area contributed by atoms with Gasteiger partial charge in [-0.2, -0.15) is 5.26 Å². The van der Waals surface area contributed by atoms with E-state index in [1.54, 1.807) is 0 Å². The summed E-state index contributed by atoms with van der Waals surface area (Å²) in [7, 11) is -3.45. The van der Waals surface area contributed by atoms with Gasteiger partial charge >= 0.3 is 0 Å². The molecule has 1 fully saturated rings. The molecule has 1 saturated heterocycles. The van der Waals surface area contributed by atoms with Crippen LogP contribution in [0.1, 0.15) is 47.0 Å². The molecule has 0 saturated carbocycles. The first kappa shape index (κ1) is 15.0. The van der Waals surface area contributed by atoms with Crippen LogP contribution in [-0.4, -0.2) is 29.9 Å². The summed E-state index contributed by atoms with van der Waals surface area (Å²) in [6.45, 7) is 6.79. The minimum atomic E-state index is -3.45. The van der Waals surface area contributed by atoms with Crippen molar-refractivity contribution in [1.82, 2.24) is 4.31 Å². The number of carbonyl (C=O) groups excluding carboxylic acids is 1. The fraction of sp³-hybridized carbons (Fsp3) is 0.833. The molecule has 1 heterocycles. The van der Waals surface area contributed by atoms with Crippen molar-refractivity contribution in [2.75, 3.05) is 6.54 Å². The molecule has 0 bridgehead atoms. The summed E-state index contributed by atoms with van der Waals surface area (Å²) in [6.07, 6.45) is 2.04. The standard InChI is InChI=1S/C12H20N2O3S/c1-11(2,9-13)7-5-6-8-14-10(15)12(3,4)18(14,16)17/h5-8H2,1-4H3. The Hall–Kier alpha value is -1.09. The number of hydrogen-bond acceptors (Lipinski definition) is 4. The third-order valence-corrected chi connectivity index (χ3v) is 5.79. The fourth-order valence-corrected chi connectivity index (χ4v) is 3.42. The van der Waals surface area contributed by atoms with Gasteiger partial charge in [0.2, 0.25) is 0 Å². The van der Waals surface area contributed by atoms with Gasteiger partial charge in [0.1, 0.15) is 0 Å². The molecule has 0 aromatic carbocycles. The summed E-state index contributed by atoms with van der Waals surface area (Å²) in [4.78, 5) is 11.6. The first-order valence-corrected chi connectivity index (χ1v) is 7.48. The molecule has 0 atom stereocenters. The maximum Gasteiger partial charge on any atom is 0.258 e. The first-order chi connectivity index (χ1) is 8.06. The van der Waals surface area contributed by atoms with Gasteiger partial charge in [0.25, 0.3) is 15.9 Å². The Kier molecular flexibility index (Phi) is 3.78. The van der Waals surface area contributed by atoms with Crippen LogP contribution in [0.3, 0.4) is 0 Å². The van der Waals surface area contributed by atoms with Crippen LogP contribution in [0, 0.1) is 16.7 Å². The maximum atomic E-state index is 11.8. The van der Waals surface area contributed by atoms with E-state index in [1.165, 1.54) is 13.8 Å². The van der Waals surface area contributed by atoms with E-state index in [-0.39, 0.29) is 12.5 Å². The number of nitrogens with zero attached hydrogens (tertiary/aromatic N) is 2. The van der Waals surface area contributed by atoms with E-state index < -0.39 is 20.2 Å². The highest BCUT2D eigenvalue weighted by Crippen LogP contribution is 2.35. The third kappa shape index (κ3) is 2.37. The molecular formula is C12H20N2O3S. The van der Waals surface area contributed by atoms with E-state index in [0.29, 0.717) is 12.8 Å². The number of nitriles is 1. The van der Waals surface area contributed by atoms with Crippen molar-refractivity contribution in [3.05, 3.63) is 0 Å². The zero-order valence-corrected chi connectivity index (χ0v) is 12.2. The average Bonchev–Trinajstić information content (AvgIpc) is 2.27. The Morgan fingerprint density at radius 2 is 1.89 bits per heavy atom. The average molecular weight is 272 g/mol. The third-order valence-electron chi connectivity index (χ3n) is 3.39. The summed E-state index contributed by atoms with van der Waals surface area (Å²) in [5, 5.41) is 8.84. The Labute approximate surface area is 109 Å². The van der Waals surface area contributed by atoms with Gasteiger partial charge in [-0.1, -0.05) is 6.42 Å². The predicted octanol–water partition coefficient (Wildman–Crippen LogP) is 1.66. The molecule has 0 aromatic rings. The molecule has 6 heteroatoms. The lowest BCUT2D eigenvalue weighted by molar-refractivity contribution is -0.132. The smallest absolute Gasteiger partial charge is 0.258 e. The zero-order chi connectivity index (χ0) is 14.2. The van der Waals surface area contributed by atoms with Crippen molar-refractivity contribution >= 4 is 15.9 Å². The Balaban J connectivity index is 2.44. The number of carbonyl (C=O) groups is 1. The van der Waals surface area contributed by atoms with E-state index in [1.807, 2.05) is 13.8 Å². The number of sulfonamides is 1. The van der Waals surface area contributed by atoms with Crippen LogP contribution < -0.4 is 0 Å². The van der Waals surface area contributed by atoms with Gasteiger partial charge in [-0.25, -0.2) is 12.7 Å². The summed E-state index contributed by atoms with van der Waals surface area (Å²) in [5.41, 5.74) is -0.392. The zero-order valence-electron chi connectivity index (χ0n) is 11.4. The summed E-state index contributed by atoms with van der Waals surface area (Å²) >= 11 is 0. The van der Waals surface area contributed by atoms with E-state index in [0.717, 1.165) is 10.7 Å². The second-order valence-corrected chi connectivity index (χ2v) is 8.26. The molecule has 1 amide bonds. The minimum absolute atomic E-state index is 0.228. The van der Waals surface area contributed by atoms with Crippen LogP contribution in [0.4, 0.5) is 0 Å². The quantitative estimate of drug-likeness (QED) is 0.713. The molecule has 0 aliphatic carbocycles. The van der Waals surface area contributed by atoms with Crippen LogP contribution in [-0.2, 0) is 14.8 Å². The van der Waals surface area contributed by atoms with Crippen molar-refractivity contribution in [2.24, 2.45) is 5.41 Å². The number of hydrogen-bond donors (Lipinski definition) is 0. The molecule has 1 aliphatic rings. The molecule has 0 N–H and O–H groups in total. The lowest BCUT2D eigenvalue weighted by Crippen LogP contribution is -2.67.